The number of benzene rings is 1. The summed E-state index contributed by atoms with van der Waals surface area (Å²) in [5.74, 6) is 2.25. The van der Waals surface area contributed by atoms with Gasteiger partial charge in [0, 0.05) is 45.6 Å². The summed E-state index contributed by atoms with van der Waals surface area (Å²) < 4.78 is 13.3. The van der Waals surface area contributed by atoms with Crippen LogP contribution in [0.1, 0.15) is 59.8 Å². The van der Waals surface area contributed by atoms with Crippen molar-refractivity contribution >= 4 is 21.9 Å². The average Bonchev–Trinajstić information content (AvgIpc) is 3.40. The predicted octanol–water partition coefficient (Wildman–Crippen LogP) is 5.69. The molecule has 0 radical (unpaired) electrons. The number of hydrogen-bond acceptors (Lipinski definition) is 6. The third-order valence-corrected chi connectivity index (χ3v) is 6.57. The topological polar surface area (TPSA) is 94.7 Å². The van der Waals surface area contributed by atoms with E-state index in [4.69, 9.17) is 24.3 Å². The minimum atomic E-state index is 0.305. The molecule has 0 bridgehead atoms. The molecule has 34 heavy (non-hydrogen) atoms. The van der Waals surface area contributed by atoms with Crippen molar-refractivity contribution in [2.24, 2.45) is 0 Å². The number of aryl methyl sites for hydroxylation is 4. The number of aromatic nitrogens is 6. The van der Waals surface area contributed by atoms with Gasteiger partial charge < -0.3 is 14.2 Å². The first kappa shape index (κ1) is 22.1. The van der Waals surface area contributed by atoms with Gasteiger partial charge in [-0.25, -0.2) is 9.97 Å². The first-order valence-corrected chi connectivity index (χ1v) is 11.5. The highest BCUT2D eigenvalue weighted by molar-refractivity contribution is 6.09. The Morgan fingerprint density at radius 2 is 1.82 bits per heavy atom. The second-order valence-corrected chi connectivity index (χ2v) is 9.23. The van der Waals surface area contributed by atoms with Gasteiger partial charge in [0.1, 0.15) is 23.0 Å². The van der Waals surface area contributed by atoms with Crippen LogP contribution in [0.25, 0.3) is 33.1 Å². The zero-order valence-electron chi connectivity index (χ0n) is 21.0. The molecule has 0 aliphatic rings. The van der Waals surface area contributed by atoms with Crippen LogP contribution in [0.5, 0.6) is 5.75 Å². The van der Waals surface area contributed by atoms with Crippen molar-refractivity contribution in [3.63, 3.8) is 0 Å². The molecule has 0 spiro atoms. The summed E-state index contributed by atoms with van der Waals surface area (Å²) in [6.45, 7) is 14.3. The smallest absolute Gasteiger partial charge is 0.142 e. The van der Waals surface area contributed by atoms with Gasteiger partial charge in [0.15, 0.2) is 0 Å². The molecule has 176 valence electrons. The third-order valence-electron chi connectivity index (χ3n) is 6.57. The van der Waals surface area contributed by atoms with Gasteiger partial charge >= 0.3 is 0 Å². The first-order valence-electron chi connectivity index (χ1n) is 11.5. The zero-order chi connectivity index (χ0) is 24.3. The highest BCUT2D eigenvalue weighted by atomic mass is 16.5. The molecule has 4 heterocycles. The van der Waals surface area contributed by atoms with Crippen LogP contribution in [0.3, 0.4) is 0 Å². The van der Waals surface area contributed by atoms with Crippen LogP contribution in [0.4, 0.5) is 0 Å². The molecule has 1 aromatic carbocycles. The Hall–Kier alpha value is -3.68. The lowest BCUT2D eigenvalue weighted by molar-refractivity contribution is 0.393. The van der Waals surface area contributed by atoms with Crippen LogP contribution in [0.2, 0.25) is 0 Å². The largest absolute Gasteiger partial charge is 0.496 e. The van der Waals surface area contributed by atoms with E-state index >= 15 is 0 Å². The molecule has 0 unspecified atom stereocenters. The molecule has 0 atom stereocenters. The summed E-state index contributed by atoms with van der Waals surface area (Å²) >= 11 is 0. The molecule has 0 saturated heterocycles. The predicted molar refractivity (Wildman–Crippen MR) is 133 cm³/mol. The van der Waals surface area contributed by atoms with Gasteiger partial charge in [-0.2, -0.15) is 5.10 Å². The van der Waals surface area contributed by atoms with Crippen molar-refractivity contribution in [1.29, 1.82) is 0 Å². The van der Waals surface area contributed by atoms with E-state index in [0.717, 1.165) is 67.5 Å². The fraction of sp³-hybridized carbons (Fsp3) is 0.385. The Bertz CT molecular complexity index is 1530. The molecule has 5 rings (SSSR count). The highest BCUT2D eigenvalue weighted by Gasteiger charge is 2.22. The van der Waals surface area contributed by atoms with Crippen molar-refractivity contribution in [3.8, 4) is 16.9 Å². The van der Waals surface area contributed by atoms with E-state index in [-0.39, 0.29) is 0 Å². The number of methoxy groups -OCH3 is 1. The molecule has 4 aromatic heterocycles. The summed E-state index contributed by atoms with van der Waals surface area (Å²) in [5.41, 5.74) is 8.91. The van der Waals surface area contributed by atoms with Gasteiger partial charge in [0.2, 0.25) is 0 Å². The normalized spacial score (nSPS) is 11.9. The van der Waals surface area contributed by atoms with Crippen LogP contribution < -0.4 is 4.74 Å². The van der Waals surface area contributed by atoms with Crippen molar-refractivity contribution in [3.05, 3.63) is 52.1 Å². The van der Waals surface area contributed by atoms with E-state index in [0.29, 0.717) is 12.5 Å². The van der Waals surface area contributed by atoms with Crippen molar-refractivity contribution in [2.75, 3.05) is 7.11 Å². The second-order valence-electron chi connectivity index (χ2n) is 9.23. The molecular formula is C26H30N6O2. The SMILES string of the molecule is COc1cc2c(cc1-c1c(C)noc1C)[nH]c1nc(C)nc(Cc3c(C)nn(C(C)C)c3C)c12. The minimum Gasteiger partial charge on any atom is -0.496 e. The second kappa shape index (κ2) is 7.97. The van der Waals surface area contributed by atoms with Crippen LogP contribution >= 0.6 is 0 Å². The summed E-state index contributed by atoms with van der Waals surface area (Å²) in [6, 6.07) is 4.46. The van der Waals surface area contributed by atoms with E-state index in [2.05, 4.69) is 54.7 Å². The Labute approximate surface area is 198 Å². The van der Waals surface area contributed by atoms with Crippen LogP contribution in [0.15, 0.2) is 16.7 Å². The van der Waals surface area contributed by atoms with Crippen molar-refractivity contribution in [2.45, 2.75) is 60.9 Å². The van der Waals surface area contributed by atoms with Crippen LogP contribution in [0, 0.1) is 34.6 Å². The van der Waals surface area contributed by atoms with Gasteiger partial charge in [0.05, 0.1) is 29.8 Å². The quantitative estimate of drug-likeness (QED) is 0.364. The lowest BCUT2D eigenvalue weighted by Crippen LogP contribution is -2.05. The van der Waals surface area contributed by atoms with Gasteiger partial charge in [-0.1, -0.05) is 5.16 Å². The highest BCUT2D eigenvalue weighted by Crippen LogP contribution is 2.40. The number of fused-ring (bicyclic) bond motifs is 3. The molecule has 8 nitrogen and oxygen atoms in total. The number of hydrogen-bond donors (Lipinski definition) is 1. The Morgan fingerprint density at radius 3 is 2.44 bits per heavy atom. The molecular weight excluding hydrogens is 428 g/mol. The van der Waals surface area contributed by atoms with Crippen molar-refractivity contribution < 1.29 is 9.26 Å². The fourth-order valence-electron chi connectivity index (χ4n) is 5.00. The van der Waals surface area contributed by atoms with Crippen molar-refractivity contribution in [1.82, 2.24) is 29.9 Å². The molecule has 5 aromatic rings. The number of H-pyrrole nitrogens is 1. The van der Waals surface area contributed by atoms with Gasteiger partial charge in [-0.05, 0) is 60.6 Å². The van der Waals surface area contributed by atoms with E-state index in [9.17, 15) is 0 Å². The summed E-state index contributed by atoms with van der Waals surface area (Å²) in [4.78, 5) is 13.1. The van der Waals surface area contributed by atoms with Crippen LogP contribution in [-0.2, 0) is 6.42 Å². The average molecular weight is 459 g/mol. The first-order chi connectivity index (χ1) is 16.2. The van der Waals surface area contributed by atoms with E-state index < -0.39 is 0 Å². The maximum absolute atomic E-state index is 5.82. The molecule has 1 N–H and O–H groups in total. The molecule has 0 amide bonds. The molecule has 0 aliphatic heterocycles. The van der Waals surface area contributed by atoms with Gasteiger partial charge in [-0.15, -0.1) is 0 Å². The zero-order valence-corrected chi connectivity index (χ0v) is 21.0. The third kappa shape index (κ3) is 3.36. The summed E-state index contributed by atoms with van der Waals surface area (Å²) in [6.07, 6.45) is 0.686. The molecule has 0 aliphatic carbocycles. The Balaban J connectivity index is 1.74. The maximum Gasteiger partial charge on any atom is 0.142 e. The van der Waals surface area contributed by atoms with Gasteiger partial charge in [-0.3, -0.25) is 4.68 Å². The number of rotatable bonds is 5. The number of ether oxygens (including phenoxy) is 1. The standard InChI is InChI=1S/C26H30N6O2/c1-12(2)32-15(5)18(13(3)30-32)9-22-25-19-11-23(33-8)20(24-14(4)31-34-16(24)6)10-21(19)29-26(25)28-17(7)27-22/h10-12H,9H2,1-8H3,(H,27,28,29). The minimum absolute atomic E-state index is 0.305. The monoisotopic (exact) mass is 458 g/mol. The number of aromatic amines is 1. The fourth-order valence-corrected chi connectivity index (χ4v) is 5.00. The Kier molecular flexibility index (Phi) is 5.19. The van der Waals surface area contributed by atoms with E-state index in [1.165, 1.54) is 11.3 Å². The molecule has 0 saturated carbocycles. The lowest BCUT2D eigenvalue weighted by Gasteiger charge is -2.10. The molecule has 8 heteroatoms. The van der Waals surface area contributed by atoms with E-state index in [1.807, 2.05) is 20.8 Å². The van der Waals surface area contributed by atoms with Crippen LogP contribution in [-0.4, -0.2) is 37.0 Å². The lowest BCUT2D eigenvalue weighted by atomic mass is 9.99. The molecule has 0 fully saturated rings. The summed E-state index contributed by atoms with van der Waals surface area (Å²) in [5, 5.41) is 10.9. The number of nitrogens with zero attached hydrogens (tertiary/aromatic N) is 5. The summed E-state index contributed by atoms with van der Waals surface area (Å²) in [7, 11) is 1.69. The van der Waals surface area contributed by atoms with Gasteiger partial charge in [0.25, 0.3) is 0 Å². The van der Waals surface area contributed by atoms with E-state index in [1.54, 1.807) is 7.11 Å². The Morgan fingerprint density at radius 1 is 1.06 bits per heavy atom. The maximum atomic E-state index is 5.82. The number of nitrogens with one attached hydrogen (secondary N) is 1.